The Bertz CT molecular complexity index is 622. The third-order valence-electron chi connectivity index (χ3n) is 4.74. The van der Waals surface area contributed by atoms with Gasteiger partial charge in [-0.2, -0.15) is 0 Å². The summed E-state index contributed by atoms with van der Waals surface area (Å²) in [6, 6.07) is 4.06. The van der Waals surface area contributed by atoms with Crippen LogP contribution in [-0.2, 0) is 6.54 Å². The molecule has 1 aromatic rings. The number of guanidine groups is 1. The summed E-state index contributed by atoms with van der Waals surface area (Å²) in [4.78, 5) is 9.58. The topological polar surface area (TPSA) is 58.6 Å². The second-order valence-electron chi connectivity index (χ2n) is 7.39. The molecular weight excluding hydrogens is 483 g/mol. The molecule has 0 unspecified atom stereocenters. The van der Waals surface area contributed by atoms with Crippen molar-refractivity contribution in [1.29, 1.82) is 0 Å². The molecule has 0 bridgehead atoms. The second-order valence-corrected chi connectivity index (χ2v) is 7.39. The lowest BCUT2D eigenvalue weighted by Crippen LogP contribution is -2.52. The van der Waals surface area contributed by atoms with Gasteiger partial charge >= 0.3 is 0 Å². The van der Waals surface area contributed by atoms with Crippen LogP contribution in [0.25, 0.3) is 0 Å². The number of benzene rings is 1. The van der Waals surface area contributed by atoms with Crippen molar-refractivity contribution in [1.82, 2.24) is 15.1 Å². The number of ether oxygens (including phenoxy) is 3. The third-order valence-corrected chi connectivity index (χ3v) is 4.74. The van der Waals surface area contributed by atoms with Gasteiger partial charge in [-0.1, -0.05) is 13.8 Å². The summed E-state index contributed by atoms with van der Waals surface area (Å²) in [7, 11) is 4.93. The Morgan fingerprint density at radius 1 is 1.03 bits per heavy atom. The standard InChI is InChI=1S/C21H36N4O3.HI/c1-7-22-21(23-14-16(2)3)25-10-8-24(9-11-25)15-17-12-18(26-4)20(28-6)19(13-17)27-5;/h12-13,16H,7-11,14-15H2,1-6H3,(H,22,23);1H. The molecule has 0 aromatic heterocycles. The van der Waals surface area contributed by atoms with Crippen molar-refractivity contribution in [3.05, 3.63) is 17.7 Å². The number of aliphatic imine (C=N–C) groups is 1. The molecule has 0 amide bonds. The molecule has 1 aliphatic heterocycles. The second kappa shape index (κ2) is 13.0. The maximum atomic E-state index is 5.47. The van der Waals surface area contributed by atoms with Gasteiger partial charge in [0, 0.05) is 45.8 Å². The van der Waals surface area contributed by atoms with E-state index < -0.39 is 0 Å². The maximum Gasteiger partial charge on any atom is 0.203 e. The first-order chi connectivity index (χ1) is 13.5. The smallest absolute Gasteiger partial charge is 0.203 e. The quantitative estimate of drug-likeness (QED) is 0.323. The molecule has 0 radical (unpaired) electrons. The average Bonchev–Trinajstić information content (AvgIpc) is 2.70. The molecule has 7 nitrogen and oxygen atoms in total. The molecule has 0 atom stereocenters. The summed E-state index contributed by atoms with van der Waals surface area (Å²) < 4.78 is 16.4. The first kappa shape index (κ1) is 25.6. The Labute approximate surface area is 192 Å². The van der Waals surface area contributed by atoms with Crippen molar-refractivity contribution < 1.29 is 14.2 Å². The monoisotopic (exact) mass is 520 g/mol. The van der Waals surface area contributed by atoms with Crippen LogP contribution in [0.3, 0.4) is 0 Å². The maximum absolute atomic E-state index is 5.47. The highest BCUT2D eigenvalue weighted by Gasteiger charge is 2.21. The molecular formula is C21H37IN4O3. The van der Waals surface area contributed by atoms with Crippen LogP contribution in [0.5, 0.6) is 17.2 Å². The fraction of sp³-hybridized carbons (Fsp3) is 0.667. The number of methoxy groups -OCH3 is 3. The normalized spacial score (nSPS) is 15.1. The predicted octanol–water partition coefficient (Wildman–Crippen LogP) is 3.07. The summed E-state index contributed by atoms with van der Waals surface area (Å²) in [5.74, 6) is 3.63. The number of nitrogens with one attached hydrogen (secondary N) is 1. The lowest BCUT2D eigenvalue weighted by Gasteiger charge is -2.36. The van der Waals surface area contributed by atoms with Crippen LogP contribution < -0.4 is 19.5 Å². The fourth-order valence-electron chi connectivity index (χ4n) is 3.30. The molecule has 166 valence electrons. The van der Waals surface area contributed by atoms with E-state index in [1.807, 2.05) is 12.1 Å². The Kier molecular flexibility index (Phi) is 11.5. The highest BCUT2D eigenvalue weighted by Crippen LogP contribution is 2.38. The van der Waals surface area contributed by atoms with Crippen molar-refractivity contribution in [3.8, 4) is 17.2 Å². The van der Waals surface area contributed by atoms with Crippen molar-refractivity contribution in [2.24, 2.45) is 10.9 Å². The van der Waals surface area contributed by atoms with Crippen LogP contribution in [0.15, 0.2) is 17.1 Å². The zero-order valence-corrected chi connectivity index (χ0v) is 21.0. The number of halogens is 1. The molecule has 0 saturated carbocycles. The lowest BCUT2D eigenvalue weighted by atomic mass is 10.1. The molecule has 1 aliphatic rings. The van der Waals surface area contributed by atoms with E-state index in [4.69, 9.17) is 19.2 Å². The van der Waals surface area contributed by atoms with Gasteiger partial charge < -0.3 is 24.4 Å². The van der Waals surface area contributed by atoms with E-state index in [0.29, 0.717) is 23.2 Å². The summed E-state index contributed by atoms with van der Waals surface area (Å²) in [6.07, 6.45) is 0. The largest absolute Gasteiger partial charge is 0.493 e. The zero-order chi connectivity index (χ0) is 20.5. The molecule has 0 aliphatic carbocycles. The summed E-state index contributed by atoms with van der Waals surface area (Å²) in [6.45, 7) is 13.0. The lowest BCUT2D eigenvalue weighted by molar-refractivity contribution is 0.172. The summed E-state index contributed by atoms with van der Waals surface area (Å²) in [5.41, 5.74) is 1.16. The van der Waals surface area contributed by atoms with Gasteiger partial charge in [-0.25, -0.2) is 0 Å². The molecule has 8 heteroatoms. The molecule has 1 heterocycles. The number of hydrogen-bond acceptors (Lipinski definition) is 5. The van der Waals surface area contributed by atoms with Gasteiger partial charge in [0.15, 0.2) is 17.5 Å². The van der Waals surface area contributed by atoms with E-state index in [9.17, 15) is 0 Å². The van der Waals surface area contributed by atoms with Crippen LogP contribution in [0, 0.1) is 5.92 Å². The van der Waals surface area contributed by atoms with Crippen LogP contribution >= 0.6 is 24.0 Å². The third kappa shape index (κ3) is 7.40. The zero-order valence-electron chi connectivity index (χ0n) is 18.7. The molecule has 29 heavy (non-hydrogen) atoms. The highest BCUT2D eigenvalue weighted by atomic mass is 127. The van der Waals surface area contributed by atoms with Gasteiger partial charge in [0.05, 0.1) is 21.3 Å². The van der Waals surface area contributed by atoms with Crippen molar-refractivity contribution in [2.75, 3.05) is 60.6 Å². The highest BCUT2D eigenvalue weighted by molar-refractivity contribution is 14.0. The van der Waals surface area contributed by atoms with Gasteiger partial charge in [0.1, 0.15) is 0 Å². The number of piperazine rings is 1. The Hall–Kier alpha value is -1.42. The van der Waals surface area contributed by atoms with Crippen molar-refractivity contribution >= 4 is 29.9 Å². The van der Waals surface area contributed by atoms with Gasteiger partial charge in [-0.05, 0) is 30.5 Å². The molecule has 2 rings (SSSR count). The first-order valence-electron chi connectivity index (χ1n) is 10.1. The van der Waals surface area contributed by atoms with Crippen molar-refractivity contribution in [2.45, 2.75) is 27.3 Å². The van der Waals surface area contributed by atoms with Crippen molar-refractivity contribution in [3.63, 3.8) is 0 Å². The van der Waals surface area contributed by atoms with E-state index >= 15 is 0 Å². The van der Waals surface area contributed by atoms with E-state index in [1.165, 1.54) is 0 Å². The molecule has 1 fully saturated rings. The van der Waals surface area contributed by atoms with Crippen LogP contribution in [-0.4, -0.2) is 76.4 Å². The van der Waals surface area contributed by atoms with Crippen LogP contribution in [0.2, 0.25) is 0 Å². The van der Waals surface area contributed by atoms with Gasteiger partial charge in [-0.3, -0.25) is 9.89 Å². The Morgan fingerprint density at radius 3 is 2.07 bits per heavy atom. The SMILES string of the molecule is CCNC(=NCC(C)C)N1CCN(Cc2cc(OC)c(OC)c(OC)c2)CC1.I. The van der Waals surface area contributed by atoms with Gasteiger partial charge in [0.2, 0.25) is 5.75 Å². The van der Waals surface area contributed by atoms with E-state index in [1.54, 1.807) is 21.3 Å². The predicted molar refractivity (Wildman–Crippen MR) is 129 cm³/mol. The minimum atomic E-state index is 0. The van der Waals surface area contributed by atoms with E-state index in [-0.39, 0.29) is 24.0 Å². The van der Waals surface area contributed by atoms with E-state index in [0.717, 1.165) is 57.3 Å². The molecule has 1 aromatic carbocycles. The van der Waals surface area contributed by atoms with E-state index in [2.05, 4.69) is 35.9 Å². The number of nitrogens with zero attached hydrogens (tertiary/aromatic N) is 3. The number of rotatable bonds is 8. The molecule has 0 spiro atoms. The summed E-state index contributed by atoms with van der Waals surface area (Å²) >= 11 is 0. The summed E-state index contributed by atoms with van der Waals surface area (Å²) in [5, 5.41) is 3.43. The van der Waals surface area contributed by atoms with Crippen LogP contribution in [0.1, 0.15) is 26.3 Å². The Balaban J connectivity index is 0.00000420. The van der Waals surface area contributed by atoms with Gasteiger partial charge in [-0.15, -0.1) is 24.0 Å². The minimum Gasteiger partial charge on any atom is -0.493 e. The van der Waals surface area contributed by atoms with Crippen LogP contribution in [0.4, 0.5) is 0 Å². The minimum absolute atomic E-state index is 0. The Morgan fingerprint density at radius 2 is 1.62 bits per heavy atom. The molecule has 1 saturated heterocycles. The fourth-order valence-corrected chi connectivity index (χ4v) is 3.30. The van der Waals surface area contributed by atoms with Gasteiger partial charge in [0.25, 0.3) is 0 Å². The molecule has 1 N–H and O–H groups in total. The average molecular weight is 520 g/mol. The number of hydrogen-bond donors (Lipinski definition) is 1. The first-order valence-corrected chi connectivity index (χ1v) is 10.1.